The normalized spacial score (nSPS) is 14.2. The van der Waals surface area contributed by atoms with E-state index >= 15 is 0 Å². The van der Waals surface area contributed by atoms with Crippen molar-refractivity contribution < 1.29 is 27.8 Å². The topological polar surface area (TPSA) is 127 Å². The third-order valence-electron chi connectivity index (χ3n) is 2.54. The molecule has 21 heavy (non-hydrogen) atoms. The third-order valence-corrected chi connectivity index (χ3v) is 3.94. The molecule has 1 rings (SSSR count). The number of nitrogens with one attached hydrogen (secondary N) is 1. The molecule has 0 amide bonds. The number of halogens is 1. The van der Waals surface area contributed by atoms with Gasteiger partial charge in [0.25, 0.3) is 0 Å². The van der Waals surface area contributed by atoms with Crippen LogP contribution in [0.25, 0.3) is 0 Å². The van der Waals surface area contributed by atoms with Gasteiger partial charge in [0, 0.05) is 6.54 Å². The molecule has 0 radical (unpaired) electrons. The molecule has 1 unspecified atom stereocenters. The smallest absolute Gasteiger partial charge is 0.306 e. The summed E-state index contributed by atoms with van der Waals surface area (Å²) in [6.07, 6.45) is -0.650. The Labute approximate surface area is 120 Å². The fourth-order valence-corrected chi connectivity index (χ4v) is 2.67. The quantitative estimate of drug-likeness (QED) is 0.688. The number of aliphatic carboxylic acids is 1. The minimum Gasteiger partial charge on any atom is -0.481 e. The van der Waals surface area contributed by atoms with Gasteiger partial charge in [-0.1, -0.05) is 0 Å². The van der Waals surface area contributed by atoms with Gasteiger partial charge in [0.2, 0.25) is 10.0 Å². The summed E-state index contributed by atoms with van der Waals surface area (Å²) in [5.41, 5.74) is -2.22. The van der Waals surface area contributed by atoms with Gasteiger partial charge in [-0.05, 0) is 25.1 Å². The van der Waals surface area contributed by atoms with Gasteiger partial charge in [-0.25, -0.2) is 17.5 Å². The molecule has 0 bridgehead atoms. The van der Waals surface area contributed by atoms with Crippen molar-refractivity contribution in [3.8, 4) is 6.07 Å². The Morgan fingerprint density at radius 3 is 2.67 bits per heavy atom. The van der Waals surface area contributed by atoms with Crippen molar-refractivity contribution in [2.24, 2.45) is 0 Å². The molecule has 0 heterocycles. The lowest BCUT2D eigenvalue weighted by Crippen LogP contribution is -2.42. The number of nitriles is 1. The summed E-state index contributed by atoms with van der Waals surface area (Å²) in [7, 11) is -4.10. The fraction of sp³-hybridized carbons (Fsp3) is 0.333. The van der Waals surface area contributed by atoms with Crippen LogP contribution in [0.4, 0.5) is 4.39 Å². The Bertz CT molecular complexity index is 694. The molecule has 9 heteroatoms. The average molecular weight is 316 g/mol. The zero-order valence-electron chi connectivity index (χ0n) is 11.0. The minimum atomic E-state index is -4.10. The number of carbonyl (C=O) groups is 1. The van der Waals surface area contributed by atoms with Gasteiger partial charge < -0.3 is 10.2 Å². The van der Waals surface area contributed by atoms with Gasteiger partial charge in [-0.15, -0.1) is 0 Å². The number of carboxylic acid groups (broad SMARTS) is 1. The van der Waals surface area contributed by atoms with Crippen LogP contribution >= 0.6 is 0 Å². The van der Waals surface area contributed by atoms with Crippen molar-refractivity contribution in [2.45, 2.75) is 23.8 Å². The maximum atomic E-state index is 13.1. The maximum absolute atomic E-state index is 13.1. The first-order valence-electron chi connectivity index (χ1n) is 5.71. The van der Waals surface area contributed by atoms with E-state index < -0.39 is 45.9 Å². The Balaban J connectivity index is 2.93. The molecule has 1 aromatic rings. The first-order chi connectivity index (χ1) is 9.57. The Morgan fingerprint density at radius 2 is 2.14 bits per heavy atom. The van der Waals surface area contributed by atoms with E-state index in [1.807, 2.05) is 4.72 Å². The summed E-state index contributed by atoms with van der Waals surface area (Å²) in [6, 6.07) is 4.16. The minimum absolute atomic E-state index is 0.355. The van der Waals surface area contributed by atoms with Crippen LogP contribution in [0.2, 0.25) is 0 Å². The van der Waals surface area contributed by atoms with E-state index in [1.54, 1.807) is 0 Å². The van der Waals surface area contributed by atoms with E-state index in [2.05, 4.69) is 0 Å². The molecule has 3 N–H and O–H groups in total. The zero-order valence-corrected chi connectivity index (χ0v) is 11.8. The summed E-state index contributed by atoms with van der Waals surface area (Å²) in [4.78, 5) is 10.2. The molecule has 0 fully saturated rings. The van der Waals surface area contributed by atoms with Crippen LogP contribution in [0, 0.1) is 17.1 Å². The monoisotopic (exact) mass is 316 g/mol. The third kappa shape index (κ3) is 4.78. The standard InChI is InChI=1S/C12H13FN2O5S/c1-12(18,5-11(16)17)7-15-21(19,20)9-2-3-10(13)8(4-9)6-14/h2-4,15,18H,5,7H2,1H3,(H,16,17). The second-order valence-electron chi connectivity index (χ2n) is 4.65. The summed E-state index contributed by atoms with van der Waals surface area (Å²) in [6.45, 7) is 0.621. The summed E-state index contributed by atoms with van der Waals surface area (Å²) in [5, 5.41) is 27.0. The first kappa shape index (κ1) is 17.0. The van der Waals surface area contributed by atoms with E-state index in [9.17, 15) is 22.7 Å². The van der Waals surface area contributed by atoms with E-state index in [4.69, 9.17) is 10.4 Å². The van der Waals surface area contributed by atoms with Gasteiger partial charge in [0.15, 0.2) is 0 Å². The molecule has 0 aliphatic carbocycles. The molecule has 1 atom stereocenters. The van der Waals surface area contributed by atoms with Gasteiger partial charge in [-0.3, -0.25) is 4.79 Å². The highest BCUT2D eigenvalue weighted by Gasteiger charge is 2.27. The van der Waals surface area contributed by atoms with Gasteiger partial charge in [0.05, 0.1) is 22.5 Å². The van der Waals surface area contributed by atoms with E-state index in [0.29, 0.717) is 0 Å². The lowest BCUT2D eigenvalue weighted by atomic mass is 10.0. The molecule has 0 spiro atoms. The highest BCUT2D eigenvalue weighted by Crippen LogP contribution is 2.15. The predicted octanol–water partition coefficient (Wildman–Crippen LogP) is 0.201. The van der Waals surface area contributed by atoms with Crippen molar-refractivity contribution in [1.82, 2.24) is 4.72 Å². The van der Waals surface area contributed by atoms with Gasteiger partial charge >= 0.3 is 5.97 Å². The van der Waals surface area contributed by atoms with Crippen LogP contribution in [-0.4, -0.2) is 36.7 Å². The lowest BCUT2D eigenvalue weighted by molar-refractivity contribution is -0.141. The molecule has 0 aliphatic rings. The number of nitrogens with zero attached hydrogens (tertiary/aromatic N) is 1. The molecule has 0 aliphatic heterocycles. The van der Waals surface area contributed by atoms with E-state index in [1.165, 1.54) is 6.07 Å². The Hall–Kier alpha value is -2.02. The van der Waals surface area contributed by atoms with Crippen LogP contribution in [0.15, 0.2) is 23.1 Å². The lowest BCUT2D eigenvalue weighted by Gasteiger charge is -2.21. The molecular weight excluding hydrogens is 303 g/mol. The molecule has 0 aromatic heterocycles. The van der Waals surface area contributed by atoms with Crippen LogP contribution in [0.1, 0.15) is 18.9 Å². The Kier molecular flexibility index (Phi) is 5.01. The summed E-state index contributed by atoms with van der Waals surface area (Å²) in [5.74, 6) is -2.14. The first-order valence-corrected chi connectivity index (χ1v) is 7.19. The number of hydrogen-bond acceptors (Lipinski definition) is 5. The van der Waals surface area contributed by atoms with Crippen molar-refractivity contribution in [1.29, 1.82) is 5.26 Å². The number of carboxylic acids is 1. The number of rotatable bonds is 6. The molecule has 114 valence electrons. The predicted molar refractivity (Wildman–Crippen MR) is 69.2 cm³/mol. The summed E-state index contributed by atoms with van der Waals surface area (Å²) < 4.78 is 39.0. The van der Waals surface area contributed by atoms with Crippen LogP contribution in [0.3, 0.4) is 0 Å². The van der Waals surface area contributed by atoms with Crippen molar-refractivity contribution >= 4 is 16.0 Å². The highest BCUT2D eigenvalue weighted by molar-refractivity contribution is 7.89. The van der Waals surface area contributed by atoms with Crippen LogP contribution in [0.5, 0.6) is 0 Å². The molecule has 0 saturated heterocycles. The number of hydrogen-bond donors (Lipinski definition) is 3. The largest absolute Gasteiger partial charge is 0.481 e. The molecule has 0 saturated carbocycles. The second-order valence-corrected chi connectivity index (χ2v) is 6.41. The SMILES string of the molecule is CC(O)(CNS(=O)(=O)c1ccc(F)c(C#N)c1)CC(=O)O. The van der Waals surface area contributed by atoms with E-state index in [0.717, 1.165) is 25.1 Å². The fourth-order valence-electron chi connectivity index (χ4n) is 1.48. The number of aliphatic hydroxyl groups is 1. The maximum Gasteiger partial charge on any atom is 0.306 e. The molecule has 7 nitrogen and oxygen atoms in total. The van der Waals surface area contributed by atoms with Crippen molar-refractivity contribution in [3.63, 3.8) is 0 Å². The average Bonchev–Trinajstić information content (AvgIpc) is 2.35. The summed E-state index contributed by atoms with van der Waals surface area (Å²) >= 11 is 0. The van der Waals surface area contributed by atoms with Gasteiger partial charge in [0.1, 0.15) is 11.9 Å². The van der Waals surface area contributed by atoms with E-state index in [-0.39, 0.29) is 4.90 Å². The Morgan fingerprint density at radius 1 is 1.52 bits per heavy atom. The van der Waals surface area contributed by atoms with Crippen molar-refractivity contribution in [2.75, 3.05) is 6.54 Å². The highest BCUT2D eigenvalue weighted by atomic mass is 32.2. The van der Waals surface area contributed by atoms with Crippen LogP contribution in [-0.2, 0) is 14.8 Å². The van der Waals surface area contributed by atoms with Crippen molar-refractivity contribution in [3.05, 3.63) is 29.6 Å². The second kappa shape index (κ2) is 6.17. The molecule has 1 aromatic carbocycles. The zero-order chi connectivity index (χ0) is 16.3. The number of benzene rings is 1. The van der Waals surface area contributed by atoms with Gasteiger partial charge in [-0.2, -0.15) is 5.26 Å². The van der Waals surface area contributed by atoms with Crippen LogP contribution < -0.4 is 4.72 Å². The number of sulfonamides is 1. The molecular formula is C12H13FN2O5S.